The van der Waals surface area contributed by atoms with E-state index >= 15 is 0 Å². The standard InChI is InChI=1S/C22H27N7O/c1-14-17(20(30)29(28-14)15-10-8-7-9-11-15)24-26-19-16(12-23)18(25-27-19)22(5,6)13-21(2,3)4/h7-11,28H,13H2,1-6H3,(H,25,27). The fourth-order valence-electron chi connectivity index (χ4n) is 3.93. The maximum absolute atomic E-state index is 12.8. The Morgan fingerprint density at radius 3 is 2.40 bits per heavy atom. The van der Waals surface area contributed by atoms with Crippen LogP contribution in [0.15, 0.2) is 45.4 Å². The van der Waals surface area contributed by atoms with Crippen LogP contribution in [0, 0.1) is 23.7 Å². The van der Waals surface area contributed by atoms with Crippen molar-refractivity contribution in [3.8, 4) is 11.8 Å². The van der Waals surface area contributed by atoms with E-state index in [1.807, 2.05) is 30.3 Å². The van der Waals surface area contributed by atoms with Gasteiger partial charge in [-0.05, 0) is 30.9 Å². The Kier molecular flexibility index (Phi) is 5.49. The van der Waals surface area contributed by atoms with Gasteiger partial charge >= 0.3 is 0 Å². The smallest absolute Gasteiger partial charge is 0.293 e. The Morgan fingerprint density at radius 2 is 1.80 bits per heavy atom. The molecule has 0 unspecified atom stereocenters. The number of hydrogen-bond donors (Lipinski definition) is 2. The van der Waals surface area contributed by atoms with Gasteiger partial charge in [-0.25, -0.2) is 4.68 Å². The van der Waals surface area contributed by atoms with Crippen LogP contribution in [0.3, 0.4) is 0 Å². The minimum absolute atomic E-state index is 0.0772. The number of nitrogens with one attached hydrogen (secondary N) is 2. The third-order valence-corrected chi connectivity index (χ3v) is 4.81. The maximum atomic E-state index is 12.8. The Labute approximate surface area is 175 Å². The molecule has 1 aromatic carbocycles. The molecule has 156 valence electrons. The van der Waals surface area contributed by atoms with Gasteiger partial charge in [0.15, 0.2) is 5.69 Å². The normalized spacial score (nSPS) is 12.4. The molecule has 8 heteroatoms. The highest BCUT2D eigenvalue weighted by molar-refractivity contribution is 5.53. The SMILES string of the molecule is Cc1[nH]n(-c2ccccc2)c(=O)c1N=Nc1n[nH]c(C(C)(C)CC(C)(C)C)c1C#N. The summed E-state index contributed by atoms with van der Waals surface area (Å²) in [5, 5.41) is 28.2. The first kappa shape index (κ1) is 21.2. The Morgan fingerprint density at radius 1 is 1.13 bits per heavy atom. The van der Waals surface area contributed by atoms with Crippen molar-refractivity contribution in [2.75, 3.05) is 0 Å². The first-order chi connectivity index (χ1) is 14.0. The summed E-state index contributed by atoms with van der Waals surface area (Å²) in [7, 11) is 0. The molecule has 8 nitrogen and oxygen atoms in total. The second kappa shape index (κ2) is 7.75. The van der Waals surface area contributed by atoms with E-state index in [2.05, 4.69) is 66.2 Å². The highest BCUT2D eigenvalue weighted by atomic mass is 16.1. The molecule has 0 bridgehead atoms. The highest BCUT2D eigenvalue weighted by Gasteiger charge is 2.32. The number of para-hydroxylation sites is 1. The molecule has 0 amide bonds. The summed E-state index contributed by atoms with van der Waals surface area (Å²) >= 11 is 0. The zero-order chi connectivity index (χ0) is 22.1. The summed E-state index contributed by atoms with van der Waals surface area (Å²) in [6.45, 7) is 12.4. The molecular formula is C22H27N7O. The molecule has 2 N–H and O–H groups in total. The molecule has 3 rings (SSSR count). The number of hydrogen-bond acceptors (Lipinski definition) is 5. The molecular weight excluding hydrogens is 378 g/mol. The molecule has 0 radical (unpaired) electrons. The predicted octanol–water partition coefficient (Wildman–Crippen LogP) is 5.20. The van der Waals surface area contributed by atoms with Gasteiger partial charge in [0, 0.05) is 5.41 Å². The van der Waals surface area contributed by atoms with Crippen LogP contribution in [-0.2, 0) is 5.41 Å². The zero-order valence-corrected chi connectivity index (χ0v) is 18.2. The van der Waals surface area contributed by atoms with E-state index in [9.17, 15) is 10.1 Å². The van der Waals surface area contributed by atoms with Gasteiger partial charge in [-0.2, -0.15) is 10.4 Å². The van der Waals surface area contributed by atoms with Crippen molar-refractivity contribution in [2.24, 2.45) is 15.6 Å². The summed E-state index contributed by atoms with van der Waals surface area (Å²) in [5.74, 6) is 0.181. The van der Waals surface area contributed by atoms with E-state index in [-0.39, 0.29) is 27.9 Å². The third-order valence-electron chi connectivity index (χ3n) is 4.81. The van der Waals surface area contributed by atoms with Gasteiger partial charge in [0.2, 0.25) is 5.82 Å². The summed E-state index contributed by atoms with van der Waals surface area (Å²) in [5.41, 5.74) is 2.00. The number of aromatic amines is 2. The first-order valence-electron chi connectivity index (χ1n) is 9.81. The van der Waals surface area contributed by atoms with Gasteiger partial charge in [0.25, 0.3) is 5.56 Å². The Hall–Kier alpha value is -3.47. The van der Waals surface area contributed by atoms with Crippen molar-refractivity contribution < 1.29 is 0 Å². The maximum Gasteiger partial charge on any atom is 0.299 e. The van der Waals surface area contributed by atoms with Crippen molar-refractivity contribution in [2.45, 2.75) is 53.4 Å². The van der Waals surface area contributed by atoms with Gasteiger partial charge in [0.1, 0.15) is 11.6 Å². The number of nitrogens with zero attached hydrogens (tertiary/aromatic N) is 5. The number of H-pyrrole nitrogens is 2. The number of aromatic nitrogens is 4. The lowest BCUT2D eigenvalue weighted by molar-refractivity contribution is 0.279. The second-order valence-electron chi connectivity index (χ2n) is 9.29. The van der Waals surface area contributed by atoms with Crippen molar-refractivity contribution >= 4 is 11.5 Å². The van der Waals surface area contributed by atoms with Crippen LogP contribution in [0.1, 0.15) is 58.0 Å². The van der Waals surface area contributed by atoms with Gasteiger partial charge in [-0.1, -0.05) is 52.8 Å². The number of azo groups is 1. The van der Waals surface area contributed by atoms with Crippen LogP contribution >= 0.6 is 0 Å². The molecule has 0 aliphatic rings. The van der Waals surface area contributed by atoms with E-state index in [1.165, 1.54) is 4.68 Å². The molecule has 3 aromatic rings. The van der Waals surface area contributed by atoms with Gasteiger partial charge < -0.3 is 0 Å². The zero-order valence-electron chi connectivity index (χ0n) is 18.2. The number of rotatable bonds is 5. The lowest BCUT2D eigenvalue weighted by Crippen LogP contribution is -2.26. The molecule has 0 saturated carbocycles. The molecule has 0 fully saturated rings. The van der Waals surface area contributed by atoms with E-state index in [0.29, 0.717) is 16.9 Å². The fourth-order valence-corrected chi connectivity index (χ4v) is 3.93. The Bertz CT molecular complexity index is 1170. The molecule has 2 heterocycles. The van der Waals surface area contributed by atoms with Crippen molar-refractivity contribution in [1.29, 1.82) is 5.26 Å². The largest absolute Gasteiger partial charge is 0.299 e. The molecule has 2 aromatic heterocycles. The Balaban J connectivity index is 1.97. The third kappa shape index (κ3) is 4.25. The van der Waals surface area contributed by atoms with Crippen LogP contribution in [-0.4, -0.2) is 20.0 Å². The monoisotopic (exact) mass is 405 g/mol. The topological polar surface area (TPSA) is 115 Å². The van der Waals surface area contributed by atoms with Gasteiger partial charge in [-0.3, -0.25) is 15.0 Å². The van der Waals surface area contributed by atoms with Crippen LogP contribution in [0.25, 0.3) is 5.69 Å². The molecule has 0 spiro atoms. The van der Waals surface area contributed by atoms with Crippen LogP contribution in [0.5, 0.6) is 0 Å². The lowest BCUT2D eigenvalue weighted by atomic mass is 9.73. The number of benzene rings is 1. The summed E-state index contributed by atoms with van der Waals surface area (Å²) < 4.78 is 1.41. The number of nitriles is 1. The van der Waals surface area contributed by atoms with Gasteiger partial charge in [-0.15, -0.1) is 10.2 Å². The van der Waals surface area contributed by atoms with Crippen molar-refractivity contribution in [3.63, 3.8) is 0 Å². The highest BCUT2D eigenvalue weighted by Crippen LogP contribution is 2.38. The predicted molar refractivity (Wildman–Crippen MR) is 116 cm³/mol. The van der Waals surface area contributed by atoms with Crippen molar-refractivity contribution in [3.05, 3.63) is 57.6 Å². The molecule has 30 heavy (non-hydrogen) atoms. The van der Waals surface area contributed by atoms with Gasteiger partial charge in [0.05, 0.1) is 17.1 Å². The van der Waals surface area contributed by atoms with E-state index in [0.717, 1.165) is 12.1 Å². The quantitative estimate of drug-likeness (QED) is 0.568. The summed E-state index contributed by atoms with van der Waals surface area (Å²) in [6, 6.07) is 11.4. The minimum atomic E-state index is -0.315. The van der Waals surface area contributed by atoms with Crippen LogP contribution < -0.4 is 5.56 Å². The van der Waals surface area contributed by atoms with E-state index < -0.39 is 0 Å². The molecule has 0 saturated heterocycles. The molecule has 0 aliphatic heterocycles. The summed E-state index contributed by atoms with van der Waals surface area (Å²) in [4.78, 5) is 12.8. The average Bonchev–Trinajstić information content (AvgIpc) is 3.20. The number of aryl methyl sites for hydroxylation is 1. The van der Waals surface area contributed by atoms with Crippen LogP contribution in [0.2, 0.25) is 0 Å². The van der Waals surface area contributed by atoms with E-state index in [1.54, 1.807) is 6.92 Å². The molecule has 0 aliphatic carbocycles. The lowest BCUT2D eigenvalue weighted by Gasteiger charge is -2.31. The van der Waals surface area contributed by atoms with Crippen LogP contribution in [0.4, 0.5) is 11.5 Å². The first-order valence-corrected chi connectivity index (χ1v) is 9.81. The second-order valence-corrected chi connectivity index (χ2v) is 9.29. The average molecular weight is 406 g/mol. The molecule has 0 atom stereocenters. The fraction of sp³-hybridized carbons (Fsp3) is 0.409. The summed E-state index contributed by atoms with van der Waals surface area (Å²) in [6.07, 6.45) is 0.853. The van der Waals surface area contributed by atoms with Crippen molar-refractivity contribution in [1.82, 2.24) is 20.0 Å². The van der Waals surface area contributed by atoms with E-state index in [4.69, 9.17) is 0 Å². The minimum Gasteiger partial charge on any atom is -0.293 e.